The predicted molar refractivity (Wildman–Crippen MR) is 150 cm³/mol. The molecule has 208 valence electrons. The number of fused-ring (bicyclic) bond motifs is 2. The number of likely N-dealkylation sites (N-methyl/N-ethyl adjacent to an activating group) is 1. The minimum atomic E-state index is -1.39. The van der Waals surface area contributed by atoms with Gasteiger partial charge >= 0.3 is 0 Å². The molecule has 3 amide bonds. The fourth-order valence-corrected chi connectivity index (χ4v) is 7.38. The topological polar surface area (TPSA) is 90.4 Å². The highest BCUT2D eigenvalue weighted by molar-refractivity contribution is 6.06. The molecule has 0 aromatic heterocycles. The summed E-state index contributed by atoms with van der Waals surface area (Å²) in [6.07, 6.45) is 7.48. The zero-order valence-electron chi connectivity index (χ0n) is 23.3. The number of para-hydroxylation sites is 1. The van der Waals surface area contributed by atoms with E-state index in [9.17, 15) is 19.5 Å². The van der Waals surface area contributed by atoms with Gasteiger partial charge in [-0.2, -0.15) is 0 Å². The van der Waals surface area contributed by atoms with Crippen molar-refractivity contribution in [2.75, 3.05) is 31.6 Å². The van der Waals surface area contributed by atoms with Crippen LogP contribution in [-0.2, 0) is 19.1 Å². The molecule has 6 atom stereocenters. The average Bonchev–Trinajstić information content (AvgIpc) is 3.21. The summed E-state index contributed by atoms with van der Waals surface area (Å²) in [6, 6.07) is 13.2. The lowest BCUT2D eigenvalue weighted by Gasteiger charge is -2.40. The molecule has 0 aliphatic carbocycles. The van der Waals surface area contributed by atoms with Gasteiger partial charge in [-0.15, -0.1) is 0 Å². The lowest BCUT2D eigenvalue weighted by molar-refractivity contribution is -0.151. The highest BCUT2D eigenvalue weighted by Crippen LogP contribution is 2.58. The summed E-state index contributed by atoms with van der Waals surface area (Å²) in [5.74, 6) is -2.61. The van der Waals surface area contributed by atoms with Crippen molar-refractivity contribution >= 4 is 23.4 Å². The van der Waals surface area contributed by atoms with Crippen LogP contribution in [0.3, 0.4) is 0 Å². The Morgan fingerprint density at radius 2 is 1.57 bits per heavy atom. The number of benzene rings is 2. The van der Waals surface area contributed by atoms with E-state index in [0.717, 1.165) is 16.8 Å². The van der Waals surface area contributed by atoms with Crippen LogP contribution >= 0.6 is 0 Å². The van der Waals surface area contributed by atoms with Crippen molar-refractivity contribution in [2.45, 2.75) is 44.1 Å². The number of carbonyl (C=O) groups excluding carboxylic acids is 3. The van der Waals surface area contributed by atoms with Crippen LogP contribution in [-0.4, -0.2) is 76.6 Å². The summed E-state index contributed by atoms with van der Waals surface area (Å²) in [5.41, 5.74) is 0.915. The molecule has 8 heteroatoms. The van der Waals surface area contributed by atoms with E-state index >= 15 is 0 Å². The summed E-state index contributed by atoms with van der Waals surface area (Å²) >= 11 is 0. The highest BCUT2D eigenvalue weighted by atomic mass is 16.5. The molecule has 2 fully saturated rings. The number of ether oxygens (including phenoxy) is 1. The van der Waals surface area contributed by atoms with Crippen molar-refractivity contribution < 1.29 is 24.2 Å². The molecular weight excluding hydrogens is 506 g/mol. The summed E-state index contributed by atoms with van der Waals surface area (Å²) in [7, 11) is 1.72. The zero-order chi connectivity index (χ0) is 28.4. The van der Waals surface area contributed by atoms with Gasteiger partial charge in [0.05, 0.1) is 30.1 Å². The molecular formula is C32H35N3O5. The SMILES string of the molecule is Cc1cccc(C)c1N1CC=C[C@]23O[C@]4(C)C=CCN(C)C(=O)[C@@H]4[C@H]2C(=O)N([C@H](CO)c2ccccc2)C3C1=O. The number of nitrogens with zero attached hydrogens (tertiary/aromatic N) is 3. The zero-order valence-corrected chi connectivity index (χ0v) is 23.3. The van der Waals surface area contributed by atoms with Gasteiger partial charge in [-0.1, -0.05) is 72.8 Å². The molecule has 6 rings (SSSR count). The van der Waals surface area contributed by atoms with Crippen LogP contribution in [0.15, 0.2) is 72.8 Å². The van der Waals surface area contributed by atoms with Crippen LogP contribution in [0.1, 0.15) is 29.7 Å². The lowest BCUT2D eigenvalue weighted by atomic mass is 9.74. The molecule has 8 nitrogen and oxygen atoms in total. The summed E-state index contributed by atoms with van der Waals surface area (Å²) in [6.45, 7) is 6.08. The van der Waals surface area contributed by atoms with Crippen molar-refractivity contribution in [1.82, 2.24) is 9.80 Å². The molecule has 2 aromatic carbocycles. The van der Waals surface area contributed by atoms with E-state index in [-0.39, 0.29) is 24.3 Å². The highest BCUT2D eigenvalue weighted by Gasteiger charge is 2.75. The average molecular weight is 542 g/mol. The van der Waals surface area contributed by atoms with Crippen molar-refractivity contribution in [3.8, 4) is 0 Å². The van der Waals surface area contributed by atoms with Gasteiger partial charge in [-0.25, -0.2) is 0 Å². The Kier molecular flexibility index (Phi) is 6.23. The smallest absolute Gasteiger partial charge is 0.253 e. The molecule has 4 aliphatic heterocycles. The van der Waals surface area contributed by atoms with Gasteiger partial charge in [0.2, 0.25) is 11.8 Å². The van der Waals surface area contributed by atoms with Gasteiger partial charge in [0.15, 0.2) is 0 Å². The third-order valence-corrected chi connectivity index (χ3v) is 9.10. The Bertz CT molecular complexity index is 1420. The first-order valence-electron chi connectivity index (χ1n) is 13.8. The van der Waals surface area contributed by atoms with Crippen molar-refractivity contribution in [3.05, 3.63) is 89.5 Å². The van der Waals surface area contributed by atoms with E-state index in [1.807, 2.05) is 93.6 Å². The number of rotatable bonds is 4. The van der Waals surface area contributed by atoms with Gasteiger partial charge in [0.1, 0.15) is 11.6 Å². The number of likely N-dealkylation sites (tertiary alicyclic amines) is 1. The van der Waals surface area contributed by atoms with Crippen LogP contribution in [0.2, 0.25) is 0 Å². The summed E-state index contributed by atoms with van der Waals surface area (Å²) in [4.78, 5) is 48.1. The third-order valence-electron chi connectivity index (χ3n) is 9.10. The fourth-order valence-electron chi connectivity index (χ4n) is 7.38. The second-order valence-electron chi connectivity index (χ2n) is 11.6. The fraction of sp³-hybridized carbons (Fsp3) is 0.406. The normalized spacial score (nSPS) is 32.1. The molecule has 1 N–H and O–H groups in total. The maximum absolute atomic E-state index is 14.8. The Hall–Kier alpha value is -3.75. The number of aryl methyl sites for hydroxylation is 2. The van der Waals surface area contributed by atoms with E-state index in [4.69, 9.17) is 4.74 Å². The molecule has 4 heterocycles. The monoisotopic (exact) mass is 541 g/mol. The van der Waals surface area contributed by atoms with Gasteiger partial charge in [0.25, 0.3) is 5.91 Å². The largest absolute Gasteiger partial charge is 0.394 e. The minimum absolute atomic E-state index is 0.194. The molecule has 0 bridgehead atoms. The van der Waals surface area contributed by atoms with Crippen LogP contribution in [0.5, 0.6) is 0 Å². The Morgan fingerprint density at radius 1 is 0.900 bits per heavy atom. The number of amides is 3. The Labute approximate surface area is 234 Å². The number of anilines is 1. The van der Waals surface area contributed by atoms with Gasteiger partial charge in [-0.3, -0.25) is 14.4 Å². The molecule has 2 saturated heterocycles. The number of aliphatic hydroxyl groups excluding tert-OH is 1. The van der Waals surface area contributed by atoms with E-state index in [2.05, 4.69) is 0 Å². The second kappa shape index (κ2) is 9.42. The predicted octanol–water partition coefficient (Wildman–Crippen LogP) is 2.94. The van der Waals surface area contributed by atoms with Crippen LogP contribution in [0.25, 0.3) is 0 Å². The van der Waals surface area contributed by atoms with Crippen LogP contribution in [0.4, 0.5) is 5.69 Å². The molecule has 1 spiro atoms. The number of aliphatic hydroxyl groups is 1. The summed E-state index contributed by atoms with van der Waals surface area (Å²) in [5, 5.41) is 10.7. The molecule has 4 aliphatic rings. The van der Waals surface area contributed by atoms with Crippen molar-refractivity contribution in [2.24, 2.45) is 11.8 Å². The standard InChI is InChI=1S/C32H35N3O5/c1-20-11-8-12-21(2)26(20)34-18-10-16-32-25(24-28(37)33(4)17-9-15-31(24,3)40-32)29(38)35(27(32)30(34)39)23(19-36)22-13-6-5-7-14-22/h5-16,23-25,27,36H,17-19H2,1-4H3/t23-,24+,25+,27?,31-,32+/m1/s1. The lowest BCUT2D eigenvalue weighted by Crippen LogP contribution is -2.57. The molecule has 1 unspecified atom stereocenters. The van der Waals surface area contributed by atoms with E-state index in [1.54, 1.807) is 16.8 Å². The number of hydrogen-bond acceptors (Lipinski definition) is 5. The first-order chi connectivity index (χ1) is 19.1. The van der Waals surface area contributed by atoms with E-state index in [0.29, 0.717) is 18.7 Å². The quantitative estimate of drug-likeness (QED) is 0.602. The molecule has 0 radical (unpaired) electrons. The van der Waals surface area contributed by atoms with E-state index in [1.165, 1.54) is 4.90 Å². The molecule has 0 saturated carbocycles. The van der Waals surface area contributed by atoms with Gasteiger partial charge < -0.3 is 24.5 Å². The maximum atomic E-state index is 14.8. The summed E-state index contributed by atoms with van der Waals surface area (Å²) < 4.78 is 6.88. The second-order valence-corrected chi connectivity index (χ2v) is 11.6. The third kappa shape index (κ3) is 3.62. The van der Waals surface area contributed by atoms with Crippen LogP contribution in [0, 0.1) is 25.7 Å². The Morgan fingerprint density at radius 3 is 2.25 bits per heavy atom. The first kappa shape index (κ1) is 26.5. The first-order valence-corrected chi connectivity index (χ1v) is 13.8. The van der Waals surface area contributed by atoms with Gasteiger partial charge in [0, 0.05) is 25.8 Å². The molecule has 2 aromatic rings. The van der Waals surface area contributed by atoms with Crippen molar-refractivity contribution in [1.29, 1.82) is 0 Å². The van der Waals surface area contributed by atoms with Gasteiger partial charge in [-0.05, 0) is 37.5 Å². The number of hydrogen-bond donors (Lipinski definition) is 1. The number of carbonyl (C=O) groups is 3. The molecule has 40 heavy (non-hydrogen) atoms. The maximum Gasteiger partial charge on any atom is 0.253 e. The van der Waals surface area contributed by atoms with Crippen molar-refractivity contribution in [3.63, 3.8) is 0 Å². The Balaban J connectivity index is 1.57. The van der Waals surface area contributed by atoms with E-state index < -0.39 is 35.1 Å². The minimum Gasteiger partial charge on any atom is -0.394 e. The van der Waals surface area contributed by atoms with Crippen LogP contribution < -0.4 is 4.90 Å².